The highest BCUT2D eigenvalue weighted by Gasteiger charge is 2.23. The van der Waals surface area contributed by atoms with Crippen LogP contribution in [0.1, 0.15) is 25.7 Å². The lowest BCUT2D eigenvalue weighted by atomic mass is 10.0. The van der Waals surface area contributed by atoms with Gasteiger partial charge in [0, 0.05) is 40.2 Å². The van der Waals surface area contributed by atoms with E-state index in [2.05, 4.69) is 59.4 Å². The van der Waals surface area contributed by atoms with Crippen LogP contribution in [-0.2, 0) is 4.79 Å². The largest absolute Gasteiger partial charge is 0.352 e. The number of nitrogens with one attached hydrogen (secondary N) is 3. The summed E-state index contributed by atoms with van der Waals surface area (Å²) in [7, 11) is 0. The van der Waals surface area contributed by atoms with Crippen LogP contribution in [0, 0.1) is 5.92 Å². The van der Waals surface area contributed by atoms with Gasteiger partial charge in [-0.25, -0.2) is 0 Å². The van der Waals surface area contributed by atoms with E-state index in [-0.39, 0.29) is 11.8 Å². The SMILES string of the molecule is O=C(Nc1cncc(-c2ccc3[nH]nc(-c4cc5c(-c6ccsc6)cncc5[nH]4)c3c2)c1)C1CCCC1. The maximum Gasteiger partial charge on any atom is 0.227 e. The van der Waals surface area contributed by atoms with Gasteiger partial charge in [-0.3, -0.25) is 19.9 Å². The van der Waals surface area contributed by atoms with Gasteiger partial charge >= 0.3 is 0 Å². The van der Waals surface area contributed by atoms with Crippen LogP contribution in [0.4, 0.5) is 5.69 Å². The highest BCUT2D eigenvalue weighted by atomic mass is 32.1. The molecule has 182 valence electrons. The first-order valence-corrected chi connectivity index (χ1v) is 13.4. The quantitative estimate of drug-likeness (QED) is 0.235. The van der Waals surface area contributed by atoms with E-state index in [4.69, 9.17) is 0 Å². The average Bonchev–Trinajstić information content (AvgIpc) is 3.74. The van der Waals surface area contributed by atoms with Crippen molar-refractivity contribution in [2.75, 3.05) is 5.32 Å². The van der Waals surface area contributed by atoms with Gasteiger partial charge < -0.3 is 10.3 Å². The van der Waals surface area contributed by atoms with Gasteiger partial charge in [0.25, 0.3) is 0 Å². The van der Waals surface area contributed by atoms with Crippen molar-refractivity contribution >= 4 is 44.7 Å². The number of amides is 1. The van der Waals surface area contributed by atoms with Crippen molar-refractivity contribution in [3.8, 4) is 33.6 Å². The van der Waals surface area contributed by atoms with Gasteiger partial charge in [-0.1, -0.05) is 18.9 Å². The van der Waals surface area contributed by atoms with E-state index in [1.54, 1.807) is 17.5 Å². The second kappa shape index (κ2) is 8.97. The molecule has 0 aliphatic heterocycles. The molecule has 7 nitrogen and oxygen atoms in total. The summed E-state index contributed by atoms with van der Waals surface area (Å²) >= 11 is 1.68. The number of hydrogen-bond acceptors (Lipinski definition) is 5. The first-order valence-electron chi connectivity index (χ1n) is 12.5. The molecular formula is C29H24N6OS. The van der Waals surface area contributed by atoms with Gasteiger partial charge in [0.15, 0.2) is 0 Å². The third-order valence-electron chi connectivity index (χ3n) is 7.26. The predicted molar refractivity (Wildman–Crippen MR) is 148 cm³/mol. The lowest BCUT2D eigenvalue weighted by molar-refractivity contribution is -0.119. The minimum Gasteiger partial charge on any atom is -0.352 e. The molecule has 0 unspecified atom stereocenters. The Bertz CT molecular complexity index is 1740. The molecule has 1 saturated carbocycles. The predicted octanol–water partition coefficient (Wildman–Crippen LogP) is 7.03. The second-order valence-electron chi connectivity index (χ2n) is 9.61. The minimum atomic E-state index is 0.0964. The standard InChI is InChI=1S/C29H24N6OS/c36-29(17-3-1-2-4-17)32-21-9-20(12-30-13-21)18-5-6-25-23(10-18)28(35-34-25)26-11-22-24(19-7-8-37-16-19)14-31-15-27(22)33-26/h5-17,33H,1-4H2,(H,32,36)(H,34,35). The van der Waals surface area contributed by atoms with Crippen LogP contribution in [0.15, 0.2) is 71.9 Å². The van der Waals surface area contributed by atoms with Crippen molar-refractivity contribution in [1.29, 1.82) is 0 Å². The first-order chi connectivity index (χ1) is 18.2. The number of aromatic amines is 2. The summed E-state index contributed by atoms with van der Waals surface area (Å²) in [6, 6.07) is 12.5. The summed E-state index contributed by atoms with van der Waals surface area (Å²) in [5.41, 5.74) is 8.65. The zero-order valence-electron chi connectivity index (χ0n) is 20.0. The van der Waals surface area contributed by atoms with Gasteiger partial charge in [0.05, 0.1) is 34.8 Å². The number of carbonyl (C=O) groups excluding carboxylic acids is 1. The lowest BCUT2D eigenvalue weighted by Gasteiger charge is -2.11. The zero-order chi connectivity index (χ0) is 24.8. The van der Waals surface area contributed by atoms with E-state index in [1.165, 1.54) is 0 Å². The van der Waals surface area contributed by atoms with Crippen molar-refractivity contribution < 1.29 is 4.79 Å². The van der Waals surface area contributed by atoms with Crippen LogP contribution in [0.5, 0.6) is 0 Å². The second-order valence-corrected chi connectivity index (χ2v) is 10.4. The number of pyridine rings is 2. The molecule has 5 heterocycles. The minimum absolute atomic E-state index is 0.0964. The van der Waals surface area contributed by atoms with E-state index in [0.717, 1.165) is 86.8 Å². The van der Waals surface area contributed by atoms with E-state index in [0.29, 0.717) is 0 Å². The number of benzene rings is 1. The number of H-pyrrole nitrogens is 2. The van der Waals surface area contributed by atoms with Crippen molar-refractivity contribution in [2.24, 2.45) is 5.92 Å². The molecule has 7 rings (SSSR count). The maximum absolute atomic E-state index is 12.6. The number of rotatable bonds is 5. The number of aromatic nitrogens is 5. The Morgan fingerprint density at radius 1 is 0.892 bits per heavy atom. The van der Waals surface area contributed by atoms with Crippen LogP contribution < -0.4 is 5.32 Å². The molecule has 1 fully saturated rings. The molecule has 0 saturated heterocycles. The molecular weight excluding hydrogens is 480 g/mol. The normalized spacial score (nSPS) is 14.1. The van der Waals surface area contributed by atoms with Crippen LogP contribution in [-0.4, -0.2) is 31.1 Å². The molecule has 37 heavy (non-hydrogen) atoms. The molecule has 5 aromatic heterocycles. The Morgan fingerprint density at radius 3 is 2.65 bits per heavy atom. The number of nitrogens with zero attached hydrogens (tertiary/aromatic N) is 3. The van der Waals surface area contributed by atoms with Gasteiger partial charge in [0.2, 0.25) is 5.91 Å². The fraction of sp³-hybridized carbons (Fsp3) is 0.172. The number of anilines is 1. The van der Waals surface area contributed by atoms with Gasteiger partial charge in [-0.15, -0.1) is 0 Å². The van der Waals surface area contributed by atoms with Crippen molar-refractivity contribution in [2.45, 2.75) is 25.7 Å². The highest BCUT2D eigenvalue weighted by Crippen LogP contribution is 2.35. The summed E-state index contributed by atoms with van der Waals surface area (Å²) in [6.07, 6.45) is 11.5. The zero-order valence-corrected chi connectivity index (χ0v) is 20.8. The summed E-state index contributed by atoms with van der Waals surface area (Å²) in [4.78, 5) is 25.0. The molecule has 0 atom stereocenters. The Kier molecular flexibility index (Phi) is 5.32. The number of hydrogen-bond donors (Lipinski definition) is 3. The van der Waals surface area contributed by atoms with Gasteiger partial charge in [-0.2, -0.15) is 16.4 Å². The summed E-state index contributed by atoms with van der Waals surface area (Å²) in [5.74, 6) is 0.208. The van der Waals surface area contributed by atoms with Crippen molar-refractivity contribution in [3.63, 3.8) is 0 Å². The highest BCUT2D eigenvalue weighted by molar-refractivity contribution is 7.08. The smallest absolute Gasteiger partial charge is 0.227 e. The molecule has 0 spiro atoms. The van der Waals surface area contributed by atoms with Crippen LogP contribution in [0.3, 0.4) is 0 Å². The fourth-order valence-corrected chi connectivity index (χ4v) is 5.98. The summed E-state index contributed by atoms with van der Waals surface area (Å²) in [6.45, 7) is 0. The van der Waals surface area contributed by atoms with Crippen LogP contribution in [0.2, 0.25) is 0 Å². The van der Waals surface area contributed by atoms with E-state index in [9.17, 15) is 4.79 Å². The molecule has 0 bridgehead atoms. The number of thiophene rings is 1. The molecule has 0 radical (unpaired) electrons. The Morgan fingerprint density at radius 2 is 1.78 bits per heavy atom. The summed E-state index contributed by atoms with van der Waals surface area (Å²) < 4.78 is 0. The molecule has 1 amide bonds. The van der Waals surface area contributed by atoms with Crippen molar-refractivity contribution in [3.05, 3.63) is 71.9 Å². The molecule has 3 N–H and O–H groups in total. The lowest BCUT2D eigenvalue weighted by Crippen LogP contribution is -2.20. The van der Waals surface area contributed by atoms with Crippen LogP contribution >= 0.6 is 11.3 Å². The first kappa shape index (κ1) is 21.9. The molecule has 1 aliphatic rings. The maximum atomic E-state index is 12.6. The fourth-order valence-electron chi connectivity index (χ4n) is 5.32. The van der Waals surface area contributed by atoms with Crippen molar-refractivity contribution in [1.82, 2.24) is 25.1 Å². The molecule has 6 aromatic rings. The monoisotopic (exact) mass is 504 g/mol. The van der Waals surface area contributed by atoms with E-state index < -0.39 is 0 Å². The summed E-state index contributed by atoms with van der Waals surface area (Å²) in [5, 5.41) is 17.2. The average molecular weight is 505 g/mol. The molecule has 8 heteroatoms. The Balaban J connectivity index is 1.25. The topological polar surface area (TPSA) is 99.3 Å². The van der Waals surface area contributed by atoms with Gasteiger partial charge in [-0.05, 0) is 65.1 Å². The molecule has 1 aliphatic carbocycles. The van der Waals surface area contributed by atoms with Gasteiger partial charge in [0.1, 0.15) is 5.69 Å². The Labute approximate surface area is 217 Å². The van der Waals surface area contributed by atoms with E-state index in [1.807, 2.05) is 36.8 Å². The number of fused-ring (bicyclic) bond motifs is 2. The van der Waals surface area contributed by atoms with Crippen LogP contribution in [0.25, 0.3) is 55.4 Å². The third-order valence-corrected chi connectivity index (χ3v) is 7.94. The number of carbonyl (C=O) groups is 1. The Hall–Kier alpha value is -4.30. The molecule has 1 aromatic carbocycles. The third kappa shape index (κ3) is 3.99. The van der Waals surface area contributed by atoms with E-state index >= 15 is 0 Å².